The van der Waals surface area contributed by atoms with Gasteiger partial charge in [0.1, 0.15) is 11.5 Å². The number of hydrogen-bond donors (Lipinski definition) is 1. The van der Waals surface area contributed by atoms with Gasteiger partial charge in [-0.25, -0.2) is 14.6 Å². The van der Waals surface area contributed by atoms with Crippen molar-refractivity contribution in [1.29, 1.82) is 0 Å². The van der Waals surface area contributed by atoms with E-state index in [-0.39, 0.29) is 23.1 Å². The third-order valence-corrected chi connectivity index (χ3v) is 4.25. The number of nitrogens with zero attached hydrogens (tertiary/aromatic N) is 2. The normalized spacial score (nSPS) is 11.5. The first kappa shape index (κ1) is 19.7. The number of aromatic nitrogens is 1. The molecule has 1 aromatic heterocycles. The number of rotatable bonds is 5. The average molecular weight is 388 g/mol. The maximum atomic E-state index is 13.0. The van der Waals surface area contributed by atoms with Crippen LogP contribution in [0.5, 0.6) is 0 Å². The van der Waals surface area contributed by atoms with Crippen molar-refractivity contribution in [1.82, 2.24) is 4.98 Å². The summed E-state index contributed by atoms with van der Waals surface area (Å²) in [5, 5.41) is 8.60. The minimum Gasteiger partial charge on any atom is -0.477 e. The van der Waals surface area contributed by atoms with E-state index < -0.39 is 34.9 Å². The second-order valence-electron chi connectivity index (χ2n) is 5.48. The smallest absolute Gasteiger partial charge is 0.435 e. The second-order valence-corrected chi connectivity index (χ2v) is 6.46. The van der Waals surface area contributed by atoms with Crippen molar-refractivity contribution in [3.05, 3.63) is 46.5 Å². The molecule has 1 amide bonds. The molecule has 0 bridgehead atoms. The molecule has 1 aromatic carbocycles. The highest BCUT2D eigenvalue weighted by molar-refractivity contribution is 7.17. The summed E-state index contributed by atoms with van der Waals surface area (Å²) in [6.45, 7) is 3.03. The van der Waals surface area contributed by atoms with Gasteiger partial charge < -0.3 is 9.84 Å². The van der Waals surface area contributed by atoms with Crippen LogP contribution in [0.25, 0.3) is 0 Å². The van der Waals surface area contributed by atoms with Gasteiger partial charge in [-0.1, -0.05) is 41.7 Å². The molecule has 0 spiro atoms. The predicted molar refractivity (Wildman–Crippen MR) is 88.3 cm³/mol. The predicted octanol–water partition coefficient (Wildman–Crippen LogP) is 4.41. The zero-order valence-corrected chi connectivity index (χ0v) is 14.6. The number of carbonyl (C=O) groups is 2. The summed E-state index contributed by atoms with van der Waals surface area (Å²) in [4.78, 5) is 26.7. The SMILES string of the molecule is CC(C)N(C(=O)OCc1ccccc1)c1nc(C(F)(F)F)c(C(=O)O)s1. The Hall–Kier alpha value is -2.62. The van der Waals surface area contributed by atoms with E-state index in [0.29, 0.717) is 5.56 Å². The Bertz CT molecular complexity index is 791. The largest absolute Gasteiger partial charge is 0.477 e. The van der Waals surface area contributed by atoms with Gasteiger partial charge in [0.05, 0.1) is 0 Å². The minimum atomic E-state index is -4.95. The van der Waals surface area contributed by atoms with Crippen LogP contribution in [0.1, 0.15) is 34.8 Å². The molecule has 0 aliphatic rings. The van der Waals surface area contributed by atoms with Gasteiger partial charge in [0.15, 0.2) is 10.8 Å². The Balaban J connectivity index is 2.29. The van der Waals surface area contributed by atoms with Crippen molar-refractivity contribution in [3.63, 3.8) is 0 Å². The van der Waals surface area contributed by atoms with Crippen LogP contribution in [0.2, 0.25) is 0 Å². The van der Waals surface area contributed by atoms with Crippen LogP contribution in [0.15, 0.2) is 30.3 Å². The third kappa shape index (κ3) is 4.51. The van der Waals surface area contributed by atoms with Gasteiger partial charge in [-0.15, -0.1) is 0 Å². The maximum absolute atomic E-state index is 13.0. The fourth-order valence-corrected chi connectivity index (χ4v) is 3.10. The van der Waals surface area contributed by atoms with E-state index in [1.165, 1.54) is 0 Å². The van der Waals surface area contributed by atoms with Gasteiger partial charge in [-0.3, -0.25) is 4.90 Å². The van der Waals surface area contributed by atoms with E-state index in [9.17, 15) is 22.8 Å². The Labute approximate surface area is 150 Å². The van der Waals surface area contributed by atoms with E-state index >= 15 is 0 Å². The molecular formula is C16H15F3N2O4S. The molecular weight excluding hydrogens is 373 g/mol. The molecule has 0 aliphatic heterocycles. The summed E-state index contributed by atoms with van der Waals surface area (Å²) >= 11 is 0.275. The number of amides is 1. The quantitative estimate of drug-likeness (QED) is 0.821. The van der Waals surface area contributed by atoms with Crippen molar-refractivity contribution in [3.8, 4) is 0 Å². The van der Waals surface area contributed by atoms with Gasteiger partial charge in [0, 0.05) is 6.04 Å². The molecule has 2 rings (SSSR count). The molecule has 0 radical (unpaired) electrons. The lowest BCUT2D eigenvalue weighted by atomic mass is 10.2. The number of benzene rings is 1. The number of anilines is 1. The number of carboxylic acids is 1. The van der Waals surface area contributed by atoms with E-state index in [4.69, 9.17) is 9.84 Å². The van der Waals surface area contributed by atoms with Crippen LogP contribution in [0, 0.1) is 0 Å². The van der Waals surface area contributed by atoms with Crippen LogP contribution < -0.4 is 4.90 Å². The van der Waals surface area contributed by atoms with Crippen LogP contribution in [-0.4, -0.2) is 28.2 Å². The average Bonchev–Trinajstić information content (AvgIpc) is 2.99. The molecule has 1 N–H and O–H groups in total. The summed E-state index contributed by atoms with van der Waals surface area (Å²) in [5.41, 5.74) is -0.836. The highest BCUT2D eigenvalue weighted by Crippen LogP contribution is 2.38. The standard InChI is InChI=1S/C16H15F3N2O4S/c1-9(2)21(15(24)25-8-10-6-4-3-5-7-10)14-20-12(16(17,18)19)11(26-14)13(22)23/h3-7,9H,8H2,1-2H3,(H,22,23). The third-order valence-electron chi connectivity index (χ3n) is 3.20. The summed E-state index contributed by atoms with van der Waals surface area (Å²) in [7, 11) is 0. The molecule has 0 saturated carbocycles. The molecule has 1 heterocycles. The van der Waals surface area contributed by atoms with E-state index in [1.807, 2.05) is 0 Å². The van der Waals surface area contributed by atoms with Crippen LogP contribution >= 0.6 is 11.3 Å². The maximum Gasteiger partial charge on any atom is 0.435 e. The first-order chi connectivity index (χ1) is 12.1. The molecule has 2 aromatic rings. The fraction of sp³-hybridized carbons (Fsp3) is 0.312. The molecule has 10 heteroatoms. The van der Waals surface area contributed by atoms with E-state index in [1.54, 1.807) is 44.2 Å². The van der Waals surface area contributed by atoms with E-state index in [0.717, 1.165) is 4.90 Å². The number of aromatic carboxylic acids is 1. The molecule has 140 valence electrons. The van der Waals surface area contributed by atoms with Crippen molar-refractivity contribution >= 4 is 28.5 Å². The monoisotopic (exact) mass is 388 g/mol. The van der Waals surface area contributed by atoms with Gasteiger partial charge in [0.25, 0.3) is 0 Å². The minimum absolute atomic E-state index is 0.0772. The molecule has 0 saturated heterocycles. The first-order valence-electron chi connectivity index (χ1n) is 7.42. The Kier molecular flexibility index (Phi) is 5.86. The number of ether oxygens (including phenoxy) is 1. The van der Waals surface area contributed by atoms with Gasteiger partial charge in [-0.05, 0) is 19.4 Å². The summed E-state index contributed by atoms with van der Waals surface area (Å²) in [6.07, 6.45) is -5.86. The lowest BCUT2D eigenvalue weighted by molar-refractivity contribution is -0.141. The lowest BCUT2D eigenvalue weighted by Gasteiger charge is -2.23. The van der Waals surface area contributed by atoms with E-state index in [2.05, 4.69) is 4.98 Å². The molecule has 0 atom stereocenters. The number of halogens is 3. The highest BCUT2D eigenvalue weighted by Gasteiger charge is 2.41. The van der Waals surface area contributed by atoms with Gasteiger partial charge >= 0.3 is 18.2 Å². The number of thiazole rings is 1. The zero-order chi connectivity index (χ0) is 19.5. The summed E-state index contributed by atoms with van der Waals surface area (Å²) in [6, 6.07) is 8.14. The van der Waals surface area contributed by atoms with Crippen molar-refractivity contribution in [2.24, 2.45) is 0 Å². The van der Waals surface area contributed by atoms with Crippen molar-refractivity contribution in [2.75, 3.05) is 4.90 Å². The lowest BCUT2D eigenvalue weighted by Crippen LogP contribution is -2.37. The van der Waals surface area contributed by atoms with Crippen LogP contribution in [-0.2, 0) is 17.5 Å². The Morgan fingerprint density at radius 2 is 1.88 bits per heavy atom. The van der Waals surface area contributed by atoms with Crippen molar-refractivity contribution < 1.29 is 32.6 Å². The highest BCUT2D eigenvalue weighted by atomic mass is 32.1. The van der Waals surface area contributed by atoms with Crippen LogP contribution in [0.3, 0.4) is 0 Å². The fourth-order valence-electron chi connectivity index (χ4n) is 2.05. The molecule has 6 nitrogen and oxygen atoms in total. The van der Waals surface area contributed by atoms with Crippen molar-refractivity contribution in [2.45, 2.75) is 32.7 Å². The second kappa shape index (κ2) is 7.73. The number of hydrogen-bond acceptors (Lipinski definition) is 5. The topological polar surface area (TPSA) is 79.7 Å². The number of carboxylic acid groups (broad SMARTS) is 1. The van der Waals surface area contributed by atoms with Crippen LogP contribution in [0.4, 0.5) is 23.1 Å². The summed E-state index contributed by atoms with van der Waals surface area (Å²) < 4.78 is 44.1. The van der Waals surface area contributed by atoms with Gasteiger partial charge in [0.2, 0.25) is 0 Å². The molecule has 0 aliphatic carbocycles. The first-order valence-corrected chi connectivity index (χ1v) is 8.24. The zero-order valence-electron chi connectivity index (χ0n) is 13.8. The molecule has 0 unspecified atom stereocenters. The number of alkyl halides is 3. The molecule has 26 heavy (non-hydrogen) atoms. The Morgan fingerprint density at radius 1 is 1.27 bits per heavy atom. The number of carbonyl (C=O) groups excluding carboxylic acids is 1. The summed E-state index contributed by atoms with van der Waals surface area (Å²) in [5.74, 6) is -1.76. The molecule has 0 fully saturated rings. The Morgan fingerprint density at radius 3 is 2.35 bits per heavy atom. The van der Waals surface area contributed by atoms with Gasteiger partial charge in [-0.2, -0.15) is 13.2 Å².